The first-order chi connectivity index (χ1) is 13.3. The van der Waals surface area contributed by atoms with Crippen LogP contribution in [0, 0.1) is 5.82 Å². The van der Waals surface area contributed by atoms with E-state index in [2.05, 4.69) is 0 Å². The van der Waals surface area contributed by atoms with Gasteiger partial charge >= 0.3 is 6.18 Å². The minimum Gasteiger partial charge on any atom is -0.349 e. The van der Waals surface area contributed by atoms with Gasteiger partial charge in [-0.3, -0.25) is 9.59 Å². The first kappa shape index (κ1) is 20.0. The molecular formula is C20H17F4NO3. The number of ether oxygens (including phenoxy) is 1. The van der Waals surface area contributed by atoms with E-state index < -0.39 is 35.7 Å². The van der Waals surface area contributed by atoms with E-state index in [1.54, 1.807) is 0 Å². The zero-order chi connectivity index (χ0) is 20.3. The van der Waals surface area contributed by atoms with Crippen LogP contribution in [0.15, 0.2) is 48.5 Å². The fraction of sp³-hybridized carbons (Fsp3) is 0.300. The van der Waals surface area contributed by atoms with Gasteiger partial charge in [0.2, 0.25) is 5.91 Å². The highest BCUT2D eigenvalue weighted by atomic mass is 19.4. The van der Waals surface area contributed by atoms with Crippen LogP contribution in [-0.2, 0) is 33.3 Å². The minimum absolute atomic E-state index is 0.0884. The third-order valence-corrected chi connectivity index (χ3v) is 4.54. The standard InChI is InChI=1S/C20H17F4NO3/c21-17-9-14(6-7-16(17)20(22,23)24)10-18(27)25-15(12-28-19(25)11-26)8-13-4-2-1-3-5-13/h1-7,9,11,15,19H,8,10,12H2/t15-,19?/m1/s1. The van der Waals surface area contributed by atoms with Gasteiger partial charge in [-0.05, 0) is 29.7 Å². The highest BCUT2D eigenvalue weighted by molar-refractivity contribution is 5.82. The van der Waals surface area contributed by atoms with Crippen molar-refractivity contribution in [3.63, 3.8) is 0 Å². The molecule has 1 fully saturated rings. The number of amides is 1. The van der Waals surface area contributed by atoms with Crippen LogP contribution in [0.2, 0.25) is 0 Å². The highest BCUT2D eigenvalue weighted by Crippen LogP contribution is 2.32. The fourth-order valence-corrected chi connectivity index (χ4v) is 3.24. The lowest BCUT2D eigenvalue weighted by atomic mass is 10.0. The van der Waals surface area contributed by atoms with Crippen molar-refractivity contribution in [2.75, 3.05) is 6.61 Å². The molecule has 0 radical (unpaired) electrons. The molecular weight excluding hydrogens is 378 g/mol. The van der Waals surface area contributed by atoms with Crippen molar-refractivity contribution in [1.29, 1.82) is 0 Å². The summed E-state index contributed by atoms with van der Waals surface area (Å²) in [5.41, 5.74) is -0.354. The Morgan fingerprint density at radius 3 is 2.46 bits per heavy atom. The molecule has 1 amide bonds. The van der Waals surface area contributed by atoms with E-state index in [1.165, 1.54) is 4.90 Å². The van der Waals surface area contributed by atoms with E-state index in [4.69, 9.17) is 4.74 Å². The van der Waals surface area contributed by atoms with Crippen LogP contribution in [-0.4, -0.2) is 36.0 Å². The van der Waals surface area contributed by atoms with E-state index in [0.717, 1.165) is 11.6 Å². The normalized spacial score (nSPS) is 19.6. The van der Waals surface area contributed by atoms with Crippen molar-refractivity contribution in [2.24, 2.45) is 0 Å². The van der Waals surface area contributed by atoms with Gasteiger partial charge in [0.1, 0.15) is 5.82 Å². The molecule has 0 aliphatic carbocycles. The third-order valence-electron chi connectivity index (χ3n) is 4.54. The number of hydrogen-bond donors (Lipinski definition) is 0. The second-order valence-corrected chi connectivity index (χ2v) is 6.49. The van der Waals surface area contributed by atoms with E-state index in [0.29, 0.717) is 24.8 Å². The Kier molecular flexibility index (Phi) is 5.79. The van der Waals surface area contributed by atoms with Crippen molar-refractivity contribution in [1.82, 2.24) is 4.90 Å². The molecule has 0 bridgehead atoms. The Morgan fingerprint density at radius 1 is 1.14 bits per heavy atom. The van der Waals surface area contributed by atoms with Gasteiger partial charge in [-0.2, -0.15) is 13.2 Å². The molecule has 1 unspecified atom stereocenters. The Morgan fingerprint density at radius 2 is 1.86 bits per heavy atom. The molecule has 1 saturated heterocycles. The van der Waals surface area contributed by atoms with Crippen LogP contribution < -0.4 is 0 Å². The van der Waals surface area contributed by atoms with Gasteiger partial charge in [0.15, 0.2) is 12.5 Å². The molecule has 4 nitrogen and oxygen atoms in total. The summed E-state index contributed by atoms with van der Waals surface area (Å²) in [6.45, 7) is 0.158. The lowest BCUT2D eigenvalue weighted by molar-refractivity contribution is -0.141. The number of carbonyl (C=O) groups excluding carboxylic acids is 2. The van der Waals surface area contributed by atoms with Gasteiger partial charge in [-0.25, -0.2) is 4.39 Å². The summed E-state index contributed by atoms with van der Waals surface area (Å²) in [7, 11) is 0. The number of hydrogen-bond acceptors (Lipinski definition) is 3. The second kappa shape index (κ2) is 8.10. The fourth-order valence-electron chi connectivity index (χ4n) is 3.24. The average Bonchev–Trinajstić information content (AvgIpc) is 3.04. The lowest BCUT2D eigenvalue weighted by Crippen LogP contribution is -2.44. The van der Waals surface area contributed by atoms with Crippen molar-refractivity contribution in [3.05, 3.63) is 71.0 Å². The summed E-state index contributed by atoms with van der Waals surface area (Å²) < 4.78 is 57.1. The predicted molar refractivity (Wildman–Crippen MR) is 91.7 cm³/mol. The van der Waals surface area contributed by atoms with E-state index in [1.807, 2.05) is 30.3 Å². The molecule has 2 aromatic rings. The summed E-state index contributed by atoms with van der Waals surface area (Å²) >= 11 is 0. The van der Waals surface area contributed by atoms with Gasteiger partial charge in [0.25, 0.3) is 0 Å². The van der Waals surface area contributed by atoms with Crippen LogP contribution in [0.4, 0.5) is 17.6 Å². The molecule has 0 saturated carbocycles. The molecule has 0 N–H and O–H groups in total. The average molecular weight is 395 g/mol. The summed E-state index contributed by atoms with van der Waals surface area (Å²) in [5, 5.41) is 0. The molecule has 1 aliphatic heterocycles. The van der Waals surface area contributed by atoms with Crippen molar-refractivity contribution in [3.8, 4) is 0 Å². The SMILES string of the molecule is O=CC1OC[C@@H](Cc2ccccc2)N1C(=O)Cc1ccc(C(F)(F)F)c(F)c1. The molecule has 1 heterocycles. The highest BCUT2D eigenvalue weighted by Gasteiger charge is 2.38. The molecule has 8 heteroatoms. The quantitative estimate of drug-likeness (QED) is 0.576. The van der Waals surface area contributed by atoms with E-state index in [-0.39, 0.29) is 18.6 Å². The maximum atomic E-state index is 13.8. The van der Waals surface area contributed by atoms with Crippen LogP contribution >= 0.6 is 0 Å². The molecule has 3 rings (SSSR count). The number of benzene rings is 2. The number of halogens is 4. The van der Waals surface area contributed by atoms with E-state index in [9.17, 15) is 27.2 Å². The number of rotatable bonds is 5. The monoisotopic (exact) mass is 395 g/mol. The van der Waals surface area contributed by atoms with E-state index >= 15 is 0 Å². The lowest BCUT2D eigenvalue weighted by Gasteiger charge is -2.26. The number of nitrogens with zero attached hydrogens (tertiary/aromatic N) is 1. The van der Waals surface area contributed by atoms with Crippen LogP contribution in [0.1, 0.15) is 16.7 Å². The Hall–Kier alpha value is -2.74. The van der Waals surface area contributed by atoms with Crippen LogP contribution in [0.5, 0.6) is 0 Å². The first-order valence-electron chi connectivity index (χ1n) is 8.57. The van der Waals surface area contributed by atoms with Gasteiger partial charge < -0.3 is 9.64 Å². The van der Waals surface area contributed by atoms with Gasteiger partial charge in [0.05, 0.1) is 24.6 Å². The Balaban J connectivity index is 1.77. The third kappa shape index (κ3) is 4.39. The van der Waals surface area contributed by atoms with Crippen molar-refractivity contribution in [2.45, 2.75) is 31.3 Å². The maximum Gasteiger partial charge on any atom is 0.419 e. The molecule has 1 aliphatic rings. The first-order valence-corrected chi connectivity index (χ1v) is 8.57. The number of aldehydes is 1. The molecule has 2 atom stereocenters. The van der Waals surface area contributed by atoms with Crippen LogP contribution in [0.25, 0.3) is 0 Å². The molecule has 28 heavy (non-hydrogen) atoms. The van der Waals surface area contributed by atoms with Crippen molar-refractivity contribution >= 4 is 12.2 Å². The molecule has 2 aromatic carbocycles. The zero-order valence-corrected chi connectivity index (χ0v) is 14.7. The smallest absolute Gasteiger partial charge is 0.349 e. The predicted octanol–water partition coefficient (Wildman–Crippen LogP) is 3.38. The maximum absolute atomic E-state index is 13.8. The summed E-state index contributed by atoms with van der Waals surface area (Å²) in [6, 6.07) is 11.3. The largest absolute Gasteiger partial charge is 0.419 e. The van der Waals surface area contributed by atoms with Crippen LogP contribution in [0.3, 0.4) is 0 Å². The van der Waals surface area contributed by atoms with Crippen molar-refractivity contribution < 1.29 is 31.9 Å². The number of carbonyl (C=O) groups is 2. The molecule has 0 spiro atoms. The zero-order valence-electron chi connectivity index (χ0n) is 14.7. The summed E-state index contributed by atoms with van der Waals surface area (Å²) in [4.78, 5) is 25.3. The Bertz CT molecular complexity index is 854. The van der Waals surface area contributed by atoms with Gasteiger partial charge in [-0.15, -0.1) is 0 Å². The molecule has 0 aromatic heterocycles. The van der Waals surface area contributed by atoms with Gasteiger partial charge in [-0.1, -0.05) is 36.4 Å². The van der Waals surface area contributed by atoms with Gasteiger partial charge in [0, 0.05) is 0 Å². The Labute approximate surface area is 158 Å². The summed E-state index contributed by atoms with van der Waals surface area (Å²) in [6.07, 6.45) is -5.26. The summed E-state index contributed by atoms with van der Waals surface area (Å²) in [5.74, 6) is -1.96. The topological polar surface area (TPSA) is 46.6 Å². The second-order valence-electron chi connectivity index (χ2n) is 6.49. The molecule has 148 valence electrons. The minimum atomic E-state index is -4.81. The number of alkyl halides is 3.